The van der Waals surface area contributed by atoms with Gasteiger partial charge in [0.2, 0.25) is 0 Å². The maximum atomic E-state index is 11.7. The molecule has 0 aromatic heterocycles. The Morgan fingerprint density at radius 3 is 2.89 bits per heavy atom. The van der Waals surface area contributed by atoms with Crippen molar-refractivity contribution in [3.8, 4) is 5.75 Å². The van der Waals surface area contributed by atoms with Crippen molar-refractivity contribution < 1.29 is 23.8 Å². The highest BCUT2D eigenvalue weighted by molar-refractivity contribution is 5.97. The highest BCUT2D eigenvalue weighted by Crippen LogP contribution is 2.38. The van der Waals surface area contributed by atoms with Gasteiger partial charge in [0, 0.05) is 5.56 Å². The fraction of sp³-hybridized carbons (Fsp3) is 0.385. The molecule has 1 aromatic carbocycles. The van der Waals surface area contributed by atoms with Crippen LogP contribution in [0, 0.1) is 0 Å². The van der Waals surface area contributed by atoms with Gasteiger partial charge in [0.05, 0.1) is 20.1 Å². The van der Waals surface area contributed by atoms with Gasteiger partial charge in [-0.1, -0.05) is 12.1 Å². The summed E-state index contributed by atoms with van der Waals surface area (Å²) in [7, 11) is 1.49. The molecule has 5 heteroatoms. The van der Waals surface area contributed by atoms with E-state index in [-0.39, 0.29) is 12.4 Å². The molecular formula is C13H14O5. The van der Waals surface area contributed by atoms with Crippen LogP contribution in [0.2, 0.25) is 0 Å². The summed E-state index contributed by atoms with van der Waals surface area (Å²) >= 11 is 0. The number of benzene rings is 1. The van der Waals surface area contributed by atoms with E-state index in [1.54, 1.807) is 25.1 Å². The monoisotopic (exact) mass is 250 g/mol. The maximum Gasteiger partial charge on any atom is 0.342 e. The van der Waals surface area contributed by atoms with Gasteiger partial charge in [-0.15, -0.1) is 0 Å². The number of ether oxygens (including phenoxy) is 3. The molecule has 0 bridgehead atoms. The molecule has 0 radical (unpaired) electrons. The third kappa shape index (κ3) is 2.16. The smallest absolute Gasteiger partial charge is 0.342 e. The molecule has 0 saturated carbocycles. The summed E-state index contributed by atoms with van der Waals surface area (Å²) in [5.41, 5.74) is 1.07. The first-order valence-corrected chi connectivity index (χ1v) is 5.70. The molecule has 2 rings (SSSR count). The van der Waals surface area contributed by atoms with Gasteiger partial charge in [-0.2, -0.15) is 0 Å². The van der Waals surface area contributed by atoms with Crippen LogP contribution in [-0.2, 0) is 14.3 Å². The van der Waals surface area contributed by atoms with Crippen molar-refractivity contribution in [3.05, 3.63) is 29.3 Å². The molecule has 1 aromatic rings. The third-order valence-corrected chi connectivity index (χ3v) is 2.74. The highest BCUT2D eigenvalue weighted by atomic mass is 16.6. The minimum absolute atomic E-state index is 0.0275. The van der Waals surface area contributed by atoms with E-state index in [0.29, 0.717) is 23.5 Å². The van der Waals surface area contributed by atoms with Crippen molar-refractivity contribution in [2.45, 2.75) is 19.4 Å². The summed E-state index contributed by atoms with van der Waals surface area (Å²) in [5.74, 6) is -0.383. The van der Waals surface area contributed by atoms with E-state index >= 15 is 0 Å². The third-order valence-electron chi connectivity index (χ3n) is 2.74. The normalized spacial score (nSPS) is 17.0. The predicted octanol–water partition coefficient (Wildman–Crippen LogP) is 1.86. The summed E-state index contributed by atoms with van der Waals surface area (Å²) in [4.78, 5) is 23.2. The molecule has 1 unspecified atom stereocenters. The Morgan fingerprint density at radius 1 is 1.44 bits per heavy atom. The number of cyclic esters (lactones) is 1. The number of fused-ring (bicyclic) bond motifs is 1. The number of methoxy groups -OCH3 is 1. The van der Waals surface area contributed by atoms with Crippen molar-refractivity contribution in [1.29, 1.82) is 0 Å². The van der Waals surface area contributed by atoms with Crippen LogP contribution >= 0.6 is 0 Å². The molecule has 0 fully saturated rings. The van der Waals surface area contributed by atoms with Crippen LogP contribution in [0.4, 0.5) is 0 Å². The molecular weight excluding hydrogens is 236 g/mol. The molecule has 18 heavy (non-hydrogen) atoms. The van der Waals surface area contributed by atoms with Crippen LogP contribution in [0.3, 0.4) is 0 Å². The topological polar surface area (TPSA) is 61.8 Å². The summed E-state index contributed by atoms with van der Waals surface area (Å²) in [6.07, 6.45) is -0.554. The first kappa shape index (κ1) is 12.4. The number of rotatable bonds is 4. The van der Waals surface area contributed by atoms with Gasteiger partial charge in [0.25, 0.3) is 0 Å². The second-order valence-electron chi connectivity index (χ2n) is 3.83. The van der Waals surface area contributed by atoms with Crippen molar-refractivity contribution in [2.75, 3.05) is 13.7 Å². The zero-order chi connectivity index (χ0) is 13.1. The number of hydrogen-bond donors (Lipinski definition) is 0. The summed E-state index contributed by atoms with van der Waals surface area (Å²) in [6.45, 7) is 2.04. The van der Waals surface area contributed by atoms with Gasteiger partial charge in [-0.05, 0) is 13.0 Å². The summed E-state index contributed by atoms with van der Waals surface area (Å²) in [6, 6.07) is 5.21. The minimum atomic E-state index is -0.582. The fourth-order valence-corrected chi connectivity index (χ4v) is 1.98. The van der Waals surface area contributed by atoms with Crippen molar-refractivity contribution in [3.63, 3.8) is 0 Å². The first-order chi connectivity index (χ1) is 8.67. The Labute approximate surface area is 105 Å². The Bertz CT molecular complexity index is 480. The Hall–Kier alpha value is -2.04. The fourth-order valence-electron chi connectivity index (χ4n) is 1.98. The second kappa shape index (κ2) is 5.08. The van der Waals surface area contributed by atoms with Gasteiger partial charge in [-0.3, -0.25) is 4.79 Å². The lowest BCUT2D eigenvalue weighted by Gasteiger charge is -2.09. The molecule has 1 heterocycles. The molecule has 0 N–H and O–H groups in total. The number of carbonyl (C=O) groups is 2. The van der Waals surface area contributed by atoms with E-state index in [0.717, 1.165) is 0 Å². The van der Waals surface area contributed by atoms with E-state index in [1.165, 1.54) is 7.11 Å². The molecule has 1 atom stereocenters. The predicted molar refractivity (Wildman–Crippen MR) is 62.4 cm³/mol. The lowest BCUT2D eigenvalue weighted by Crippen LogP contribution is -2.10. The SMILES string of the molecule is CCOC(=O)CC1OC(=O)c2c(OC)cccc21. The van der Waals surface area contributed by atoms with Gasteiger partial charge < -0.3 is 14.2 Å². The molecule has 1 aliphatic rings. The van der Waals surface area contributed by atoms with Gasteiger partial charge in [0.15, 0.2) is 0 Å². The standard InChI is InChI=1S/C13H14O5/c1-3-17-11(14)7-10-8-5-4-6-9(16-2)12(8)13(15)18-10/h4-6,10H,3,7H2,1-2H3. The lowest BCUT2D eigenvalue weighted by molar-refractivity contribution is -0.145. The Kier molecular flexibility index (Phi) is 3.50. The minimum Gasteiger partial charge on any atom is -0.496 e. The summed E-state index contributed by atoms with van der Waals surface area (Å²) < 4.78 is 15.1. The zero-order valence-electron chi connectivity index (χ0n) is 10.3. The average molecular weight is 250 g/mol. The van der Waals surface area contributed by atoms with Crippen LogP contribution in [0.25, 0.3) is 0 Å². The Balaban J connectivity index is 2.25. The van der Waals surface area contributed by atoms with Crippen LogP contribution < -0.4 is 4.74 Å². The van der Waals surface area contributed by atoms with E-state index < -0.39 is 12.1 Å². The van der Waals surface area contributed by atoms with E-state index in [1.807, 2.05) is 0 Å². The number of esters is 2. The quantitative estimate of drug-likeness (QED) is 0.763. The number of carbonyl (C=O) groups excluding carboxylic acids is 2. The van der Waals surface area contributed by atoms with Gasteiger partial charge in [0.1, 0.15) is 17.4 Å². The molecule has 96 valence electrons. The van der Waals surface area contributed by atoms with Crippen molar-refractivity contribution in [2.24, 2.45) is 0 Å². The van der Waals surface area contributed by atoms with Crippen LogP contribution in [0.1, 0.15) is 35.4 Å². The second-order valence-corrected chi connectivity index (χ2v) is 3.83. The van der Waals surface area contributed by atoms with Crippen molar-refractivity contribution in [1.82, 2.24) is 0 Å². The first-order valence-electron chi connectivity index (χ1n) is 5.70. The van der Waals surface area contributed by atoms with E-state index in [2.05, 4.69) is 0 Å². The Morgan fingerprint density at radius 2 is 2.22 bits per heavy atom. The highest BCUT2D eigenvalue weighted by Gasteiger charge is 2.35. The van der Waals surface area contributed by atoms with E-state index in [9.17, 15) is 9.59 Å². The van der Waals surface area contributed by atoms with E-state index in [4.69, 9.17) is 14.2 Å². The zero-order valence-corrected chi connectivity index (χ0v) is 10.3. The average Bonchev–Trinajstić information content (AvgIpc) is 2.67. The van der Waals surface area contributed by atoms with Crippen LogP contribution in [0.15, 0.2) is 18.2 Å². The van der Waals surface area contributed by atoms with Crippen LogP contribution in [-0.4, -0.2) is 25.7 Å². The van der Waals surface area contributed by atoms with Crippen LogP contribution in [0.5, 0.6) is 5.75 Å². The lowest BCUT2D eigenvalue weighted by atomic mass is 10.0. The molecule has 0 saturated heterocycles. The molecule has 0 amide bonds. The largest absolute Gasteiger partial charge is 0.496 e. The molecule has 0 spiro atoms. The van der Waals surface area contributed by atoms with Gasteiger partial charge in [-0.25, -0.2) is 4.79 Å². The molecule has 1 aliphatic heterocycles. The number of hydrogen-bond acceptors (Lipinski definition) is 5. The molecule has 0 aliphatic carbocycles. The molecule has 5 nitrogen and oxygen atoms in total. The summed E-state index contributed by atoms with van der Waals surface area (Å²) in [5, 5.41) is 0. The maximum absolute atomic E-state index is 11.7. The van der Waals surface area contributed by atoms with Crippen molar-refractivity contribution >= 4 is 11.9 Å². The van der Waals surface area contributed by atoms with Gasteiger partial charge >= 0.3 is 11.9 Å².